The third kappa shape index (κ3) is 4.44. The summed E-state index contributed by atoms with van der Waals surface area (Å²) in [6.07, 6.45) is 5.36. The highest BCUT2D eigenvalue weighted by molar-refractivity contribution is 5.93. The Morgan fingerprint density at radius 3 is 2.68 bits per heavy atom. The molecule has 0 bridgehead atoms. The molecule has 4 aromatic heterocycles. The monoisotopic (exact) mass is 516 g/mol. The van der Waals surface area contributed by atoms with Gasteiger partial charge in [-0.15, -0.1) is 5.10 Å². The molecule has 1 aliphatic rings. The number of halogens is 2. The Balaban J connectivity index is 1.41. The molecule has 1 aliphatic carbocycles. The number of nitrogens with zero attached hydrogens (tertiary/aromatic N) is 6. The van der Waals surface area contributed by atoms with Gasteiger partial charge in [-0.05, 0) is 54.7 Å². The van der Waals surface area contributed by atoms with Gasteiger partial charge in [-0.25, -0.2) is 18.0 Å². The summed E-state index contributed by atoms with van der Waals surface area (Å²) in [5.74, 6) is 0. The fourth-order valence-corrected chi connectivity index (χ4v) is 4.75. The lowest BCUT2D eigenvalue weighted by atomic mass is 9.97. The molecule has 0 aliphatic heterocycles. The first-order valence-corrected chi connectivity index (χ1v) is 12.8. The van der Waals surface area contributed by atoms with E-state index in [4.69, 9.17) is 0 Å². The van der Waals surface area contributed by atoms with Crippen LogP contribution < -0.4 is 10.6 Å². The van der Waals surface area contributed by atoms with E-state index in [1.54, 1.807) is 23.1 Å². The lowest BCUT2D eigenvalue weighted by Crippen LogP contribution is -2.26. The Morgan fingerprint density at radius 1 is 1.08 bits per heavy atom. The number of fused-ring (bicyclic) bond motifs is 2. The van der Waals surface area contributed by atoms with E-state index in [0.29, 0.717) is 18.5 Å². The van der Waals surface area contributed by atoms with Crippen LogP contribution in [-0.4, -0.2) is 42.6 Å². The first kappa shape index (κ1) is 24.3. The zero-order valence-electron chi connectivity index (χ0n) is 21.6. The highest BCUT2D eigenvalue weighted by atomic mass is 19.3. The maximum atomic E-state index is 13.8. The van der Waals surface area contributed by atoms with Gasteiger partial charge >= 0.3 is 0 Å². The number of nitrogens with one attached hydrogen (secondary N) is 2. The predicted octanol–water partition coefficient (Wildman–Crippen LogP) is 5.89. The van der Waals surface area contributed by atoms with Gasteiger partial charge in [0.25, 0.3) is 6.43 Å². The third-order valence-corrected chi connectivity index (χ3v) is 7.07. The zero-order chi connectivity index (χ0) is 26.5. The highest BCUT2D eigenvalue weighted by Gasteiger charge is 2.54. The van der Waals surface area contributed by atoms with Crippen LogP contribution in [0.2, 0.25) is 0 Å². The van der Waals surface area contributed by atoms with Crippen LogP contribution in [-0.2, 0) is 5.54 Å². The van der Waals surface area contributed by atoms with Crippen molar-refractivity contribution in [2.75, 3.05) is 17.2 Å². The molecule has 1 saturated carbocycles. The highest BCUT2D eigenvalue weighted by Crippen LogP contribution is 2.48. The number of anilines is 2. The lowest BCUT2D eigenvalue weighted by Gasteiger charge is -2.22. The van der Waals surface area contributed by atoms with Crippen LogP contribution in [0.5, 0.6) is 0 Å². The van der Waals surface area contributed by atoms with Crippen molar-refractivity contribution < 1.29 is 8.78 Å². The van der Waals surface area contributed by atoms with Gasteiger partial charge in [0, 0.05) is 47.5 Å². The van der Waals surface area contributed by atoms with Gasteiger partial charge in [0.2, 0.25) is 0 Å². The summed E-state index contributed by atoms with van der Waals surface area (Å²) < 4.78 is 30.7. The van der Waals surface area contributed by atoms with Crippen LogP contribution in [0, 0.1) is 5.41 Å². The van der Waals surface area contributed by atoms with Crippen LogP contribution >= 0.6 is 0 Å². The summed E-state index contributed by atoms with van der Waals surface area (Å²) in [7, 11) is 0. The van der Waals surface area contributed by atoms with Crippen molar-refractivity contribution in [1.82, 2.24) is 29.6 Å². The molecule has 38 heavy (non-hydrogen) atoms. The fraction of sp³-hybridized carbons (Fsp3) is 0.357. The van der Waals surface area contributed by atoms with Crippen LogP contribution in [0.1, 0.15) is 50.9 Å². The minimum atomic E-state index is -2.49. The first-order valence-electron chi connectivity index (χ1n) is 12.8. The minimum absolute atomic E-state index is 0.115. The van der Waals surface area contributed by atoms with E-state index < -0.39 is 18.0 Å². The summed E-state index contributed by atoms with van der Waals surface area (Å²) in [6.45, 7) is 7.37. The molecule has 10 heteroatoms. The van der Waals surface area contributed by atoms with E-state index >= 15 is 0 Å². The Kier molecular flexibility index (Phi) is 5.77. The van der Waals surface area contributed by atoms with Gasteiger partial charge in [-0.2, -0.15) is 5.10 Å². The van der Waals surface area contributed by atoms with Crippen molar-refractivity contribution in [2.24, 2.45) is 5.41 Å². The molecule has 1 aromatic carbocycles. The number of hydrogen-bond acceptors (Lipinski definition) is 6. The summed E-state index contributed by atoms with van der Waals surface area (Å²) in [5.41, 5.74) is 3.96. The molecule has 0 amide bonds. The zero-order valence-corrected chi connectivity index (χ0v) is 21.6. The van der Waals surface area contributed by atoms with E-state index in [1.807, 2.05) is 42.6 Å². The molecule has 1 fully saturated rings. The molecule has 8 nitrogen and oxygen atoms in total. The van der Waals surface area contributed by atoms with Gasteiger partial charge in [-0.1, -0.05) is 32.1 Å². The van der Waals surface area contributed by atoms with E-state index in [-0.39, 0.29) is 5.41 Å². The number of aromatic nitrogens is 6. The largest absolute Gasteiger partial charge is 0.384 e. The van der Waals surface area contributed by atoms with Crippen LogP contribution in [0.4, 0.5) is 20.2 Å². The number of alkyl halides is 2. The Hall–Kier alpha value is -4.08. The first-order chi connectivity index (χ1) is 18.2. The molecule has 6 rings (SSSR count). The van der Waals surface area contributed by atoms with Crippen molar-refractivity contribution in [2.45, 2.75) is 51.6 Å². The third-order valence-electron chi connectivity index (χ3n) is 7.07. The molecular weight excluding hydrogens is 486 g/mol. The van der Waals surface area contributed by atoms with Gasteiger partial charge < -0.3 is 10.6 Å². The predicted molar refractivity (Wildman–Crippen MR) is 144 cm³/mol. The summed E-state index contributed by atoms with van der Waals surface area (Å²) in [6, 6.07) is 13.4. The van der Waals surface area contributed by atoms with E-state index in [9.17, 15) is 8.78 Å². The normalized spacial score (nSPS) is 15.7. The smallest absolute Gasteiger partial charge is 0.263 e. The van der Waals surface area contributed by atoms with E-state index in [1.165, 1.54) is 4.68 Å². The van der Waals surface area contributed by atoms with Crippen LogP contribution in [0.25, 0.3) is 16.4 Å². The Labute approximate surface area is 219 Å². The van der Waals surface area contributed by atoms with Gasteiger partial charge in [-0.3, -0.25) is 4.98 Å². The second kappa shape index (κ2) is 9.04. The second-order valence-corrected chi connectivity index (χ2v) is 11.2. The Morgan fingerprint density at radius 2 is 1.92 bits per heavy atom. The molecule has 5 aromatic rings. The molecule has 2 N–H and O–H groups in total. The average molecular weight is 517 g/mol. The Bertz CT molecular complexity index is 1600. The molecule has 0 saturated heterocycles. The molecule has 0 spiro atoms. The van der Waals surface area contributed by atoms with Crippen molar-refractivity contribution in [1.29, 1.82) is 0 Å². The van der Waals surface area contributed by atoms with Crippen molar-refractivity contribution in [3.05, 3.63) is 78.5 Å². The molecule has 4 heterocycles. The number of hydrogen-bond donors (Lipinski definition) is 2. The molecular formula is C28H30F2N8. The lowest BCUT2D eigenvalue weighted by molar-refractivity contribution is 0.0593. The van der Waals surface area contributed by atoms with Gasteiger partial charge in [0.1, 0.15) is 11.2 Å². The number of pyridine rings is 2. The average Bonchev–Trinajstić information content (AvgIpc) is 3.31. The molecule has 196 valence electrons. The van der Waals surface area contributed by atoms with Gasteiger partial charge in [0.15, 0.2) is 0 Å². The quantitative estimate of drug-likeness (QED) is 0.268. The van der Waals surface area contributed by atoms with E-state index in [2.05, 4.69) is 57.9 Å². The van der Waals surface area contributed by atoms with Crippen LogP contribution in [0.15, 0.2) is 67.3 Å². The van der Waals surface area contributed by atoms with E-state index in [0.717, 1.165) is 39.9 Å². The fourth-order valence-electron chi connectivity index (χ4n) is 4.75. The van der Waals surface area contributed by atoms with Crippen molar-refractivity contribution in [3.8, 4) is 0 Å². The topological polar surface area (TPSA) is 85.0 Å². The summed E-state index contributed by atoms with van der Waals surface area (Å²) in [4.78, 5) is 4.53. The molecule has 0 radical (unpaired) electrons. The standard InChI is InChI=1S/C28H30F2N8/c1-27(2,3)17-32-22-8-12-31-21-7-6-18(15-20(21)22)34-25(19-5-4-14-37-24(19)9-13-33-37)23-16-38(36-35-23)28(10-11-28)26(29)30/h4-9,12-16,25-26,34H,10-11,17H2,1-3H3,(H,31,32)/t25-/m0/s1. The summed E-state index contributed by atoms with van der Waals surface area (Å²) >= 11 is 0. The maximum Gasteiger partial charge on any atom is 0.263 e. The molecule has 1 atom stereocenters. The molecule has 0 unspecified atom stereocenters. The second-order valence-electron chi connectivity index (χ2n) is 11.2. The maximum absolute atomic E-state index is 13.8. The number of benzene rings is 1. The minimum Gasteiger partial charge on any atom is -0.384 e. The van der Waals surface area contributed by atoms with Crippen molar-refractivity contribution in [3.63, 3.8) is 0 Å². The summed E-state index contributed by atoms with van der Waals surface area (Å²) in [5, 5.41) is 21.0. The SMILES string of the molecule is CC(C)(C)CNc1ccnc2ccc(N[C@H](c3cn(C4(C(F)F)CC4)nn3)c3cccn4nccc34)cc12. The van der Waals surface area contributed by atoms with Crippen molar-refractivity contribution >= 4 is 27.8 Å². The van der Waals surface area contributed by atoms with Crippen LogP contribution in [0.3, 0.4) is 0 Å². The van der Waals surface area contributed by atoms with Gasteiger partial charge in [0.05, 0.1) is 23.3 Å². The number of rotatable bonds is 8.